The Morgan fingerprint density at radius 3 is 1.22 bits per heavy atom. The van der Waals surface area contributed by atoms with E-state index in [1.807, 2.05) is 36.4 Å². The fraction of sp³-hybridized carbons (Fsp3) is 0.344. The van der Waals surface area contributed by atoms with E-state index in [4.69, 9.17) is 0 Å². The monoisotopic (exact) mass is 895 g/mol. The van der Waals surface area contributed by atoms with Crippen molar-refractivity contribution in [1.82, 2.24) is 9.80 Å². The van der Waals surface area contributed by atoms with Gasteiger partial charge < -0.3 is 30.2 Å². The first-order valence-corrected chi connectivity index (χ1v) is 25.0. The molecule has 1 aliphatic carbocycles. The summed E-state index contributed by atoms with van der Waals surface area (Å²) in [5.41, 5.74) is 14.1. The van der Waals surface area contributed by atoms with Crippen LogP contribution in [0.2, 0.25) is 0 Å². The Balaban J connectivity index is 0.000000182. The maximum absolute atomic E-state index is 10.2. The highest BCUT2D eigenvalue weighted by atomic mass is 16.3. The molecule has 4 N–H and O–H groups in total. The molecule has 6 aromatic rings. The van der Waals surface area contributed by atoms with E-state index in [0.717, 1.165) is 70.0 Å². The van der Waals surface area contributed by atoms with Gasteiger partial charge in [0.1, 0.15) is 11.5 Å². The molecular formula is C61H70N2O4. The van der Waals surface area contributed by atoms with Gasteiger partial charge in [-0.3, -0.25) is 0 Å². The van der Waals surface area contributed by atoms with Crippen molar-refractivity contribution in [2.75, 3.05) is 45.9 Å². The average molecular weight is 895 g/mol. The molecule has 0 bridgehead atoms. The fourth-order valence-electron chi connectivity index (χ4n) is 10.4. The number of phenolic OH excluding ortho intramolecular Hbond substituents is 2. The Morgan fingerprint density at radius 1 is 0.448 bits per heavy atom. The Bertz CT molecular complexity index is 2510. The van der Waals surface area contributed by atoms with Crippen LogP contribution in [0.4, 0.5) is 0 Å². The van der Waals surface area contributed by atoms with Crippen molar-refractivity contribution in [3.8, 4) is 11.5 Å². The van der Waals surface area contributed by atoms with Crippen LogP contribution in [0.1, 0.15) is 127 Å². The highest BCUT2D eigenvalue weighted by Gasteiger charge is 2.32. The van der Waals surface area contributed by atoms with Gasteiger partial charge in [0.2, 0.25) is 0 Å². The average Bonchev–Trinajstić information content (AvgIpc) is 4.24. The number of rotatable bonds is 16. The summed E-state index contributed by atoms with van der Waals surface area (Å²) in [5, 5.41) is 39.7. The maximum atomic E-state index is 10.2. The number of nitrogens with zero attached hydrogens (tertiary/aromatic N) is 2. The minimum atomic E-state index is 0.152. The van der Waals surface area contributed by atoms with Crippen molar-refractivity contribution in [3.05, 3.63) is 202 Å². The Hall–Kier alpha value is -5.76. The summed E-state index contributed by atoms with van der Waals surface area (Å²) in [6.07, 6.45) is 10.6. The van der Waals surface area contributed by atoms with E-state index in [9.17, 15) is 20.4 Å². The molecule has 2 saturated heterocycles. The Labute approximate surface area is 399 Å². The molecule has 0 spiro atoms. The number of hydrogen-bond acceptors (Lipinski definition) is 6. The molecule has 3 aliphatic rings. The van der Waals surface area contributed by atoms with Gasteiger partial charge in [-0.2, -0.15) is 0 Å². The molecule has 0 aromatic heterocycles. The lowest BCUT2D eigenvalue weighted by molar-refractivity contribution is 0.203. The van der Waals surface area contributed by atoms with Crippen LogP contribution < -0.4 is 0 Å². The third kappa shape index (κ3) is 12.6. The van der Waals surface area contributed by atoms with Gasteiger partial charge in [-0.25, -0.2) is 0 Å². The summed E-state index contributed by atoms with van der Waals surface area (Å²) >= 11 is 0. The molecule has 0 atom stereocenters. The lowest BCUT2D eigenvalue weighted by Gasteiger charge is -2.32. The zero-order valence-electron chi connectivity index (χ0n) is 39.4. The number of piperidine rings is 2. The van der Waals surface area contributed by atoms with Gasteiger partial charge >= 0.3 is 0 Å². The second-order valence-electron chi connectivity index (χ2n) is 18.7. The number of benzene rings is 6. The van der Waals surface area contributed by atoms with Gasteiger partial charge in [-0.1, -0.05) is 140 Å². The summed E-state index contributed by atoms with van der Waals surface area (Å²) in [5.74, 6) is 1.79. The Kier molecular flexibility index (Phi) is 17.0. The quantitative estimate of drug-likeness (QED) is 0.0724. The number of aliphatic hydroxyl groups excluding tert-OH is 2. The molecule has 6 nitrogen and oxygen atoms in total. The number of aromatic hydroxyl groups is 2. The predicted octanol–water partition coefficient (Wildman–Crippen LogP) is 12.8. The van der Waals surface area contributed by atoms with Crippen LogP contribution in [-0.4, -0.2) is 82.2 Å². The number of aliphatic hydroxyl groups is 2. The molecule has 2 heterocycles. The first kappa shape index (κ1) is 47.7. The van der Waals surface area contributed by atoms with Gasteiger partial charge in [0, 0.05) is 19.3 Å². The zero-order chi connectivity index (χ0) is 46.4. The summed E-state index contributed by atoms with van der Waals surface area (Å²) in [6.45, 7) is 8.50. The van der Waals surface area contributed by atoms with Crippen molar-refractivity contribution in [2.45, 2.75) is 89.0 Å². The second-order valence-corrected chi connectivity index (χ2v) is 18.7. The molecule has 9 rings (SSSR count). The standard InChI is InChI=1S/C31H35NO2.C30H35NO2/c33-21-5-10-30(25-6-2-1-3-7-25)31(27-8-4-9-29(34)22-27)26-13-11-23(12-14-26)24-17-19-32(20-18-24)28-15-16-28;1-2-31-19-17-24(18-20-31)23-13-15-26(16-14-23)30(27-10-6-11-28(33)22-27)29(12-7-21-32)25-8-4-3-5-9-25/h1-4,6-9,11-14,22,24,28,33-34H,5,10,15-21H2;3-6,8-11,13-16,22,24,32-33H,2,7,12,17-21H2,1H3/b31-30+;30-29+. The van der Waals surface area contributed by atoms with Crippen LogP contribution in [0, 0.1) is 0 Å². The van der Waals surface area contributed by atoms with Crippen molar-refractivity contribution in [3.63, 3.8) is 0 Å². The normalized spacial score (nSPS) is 17.0. The minimum Gasteiger partial charge on any atom is -0.508 e. The molecule has 0 radical (unpaired) electrons. The number of hydrogen-bond donors (Lipinski definition) is 4. The summed E-state index contributed by atoms with van der Waals surface area (Å²) in [6, 6.07) is 54.9. The summed E-state index contributed by atoms with van der Waals surface area (Å²) in [4.78, 5) is 5.21. The van der Waals surface area contributed by atoms with Crippen molar-refractivity contribution in [1.29, 1.82) is 0 Å². The first-order valence-electron chi connectivity index (χ1n) is 25.0. The van der Waals surface area contributed by atoms with Crippen LogP contribution >= 0.6 is 0 Å². The van der Waals surface area contributed by atoms with E-state index in [1.54, 1.807) is 12.1 Å². The molecule has 1 saturated carbocycles. The molecular weight excluding hydrogens is 825 g/mol. The van der Waals surface area contributed by atoms with E-state index >= 15 is 0 Å². The zero-order valence-corrected chi connectivity index (χ0v) is 39.4. The fourth-order valence-corrected chi connectivity index (χ4v) is 10.4. The molecule has 0 unspecified atom stereocenters. The van der Waals surface area contributed by atoms with Crippen LogP contribution in [0.25, 0.3) is 22.3 Å². The second kappa shape index (κ2) is 23.8. The topological polar surface area (TPSA) is 87.4 Å². The highest BCUT2D eigenvalue weighted by Crippen LogP contribution is 2.40. The molecule has 6 heteroatoms. The lowest BCUT2D eigenvalue weighted by atomic mass is 9.85. The van der Waals surface area contributed by atoms with E-state index in [-0.39, 0.29) is 24.7 Å². The number of allylic oxidation sites excluding steroid dienone is 2. The van der Waals surface area contributed by atoms with Gasteiger partial charge in [0.25, 0.3) is 0 Å². The third-order valence-corrected chi connectivity index (χ3v) is 14.3. The minimum absolute atomic E-state index is 0.152. The summed E-state index contributed by atoms with van der Waals surface area (Å²) < 4.78 is 0. The van der Waals surface area contributed by atoms with Gasteiger partial charge in [-0.15, -0.1) is 0 Å². The summed E-state index contributed by atoms with van der Waals surface area (Å²) in [7, 11) is 0. The molecule has 3 fully saturated rings. The molecule has 348 valence electrons. The molecule has 67 heavy (non-hydrogen) atoms. The van der Waals surface area contributed by atoms with E-state index in [0.29, 0.717) is 24.7 Å². The SMILES string of the molecule is CCN1CCC(c2ccc(/C(=C(/CCCO)c3ccccc3)c3cccc(O)c3)cc2)CC1.OCCC/C(=C(/c1ccc(C2CCN(C3CC3)CC2)cc1)c1cccc(O)c1)c1ccccc1. The largest absolute Gasteiger partial charge is 0.508 e. The van der Waals surface area contributed by atoms with E-state index in [1.165, 1.54) is 87.0 Å². The van der Waals surface area contributed by atoms with Gasteiger partial charge in [0.05, 0.1) is 0 Å². The Morgan fingerprint density at radius 2 is 0.851 bits per heavy atom. The lowest BCUT2D eigenvalue weighted by Crippen LogP contribution is -2.34. The number of likely N-dealkylation sites (tertiary alicyclic amines) is 2. The smallest absolute Gasteiger partial charge is 0.116 e. The van der Waals surface area contributed by atoms with Crippen LogP contribution in [0.15, 0.2) is 158 Å². The van der Waals surface area contributed by atoms with Gasteiger partial charge in [-0.05, 0) is 200 Å². The van der Waals surface area contributed by atoms with Crippen LogP contribution in [0.5, 0.6) is 11.5 Å². The van der Waals surface area contributed by atoms with Crippen LogP contribution in [-0.2, 0) is 0 Å². The maximum Gasteiger partial charge on any atom is 0.116 e. The first-order chi connectivity index (χ1) is 32.9. The van der Waals surface area contributed by atoms with Crippen LogP contribution in [0.3, 0.4) is 0 Å². The number of phenols is 2. The highest BCUT2D eigenvalue weighted by molar-refractivity contribution is 6.00. The van der Waals surface area contributed by atoms with E-state index < -0.39 is 0 Å². The van der Waals surface area contributed by atoms with Crippen molar-refractivity contribution in [2.24, 2.45) is 0 Å². The third-order valence-electron chi connectivity index (χ3n) is 14.3. The van der Waals surface area contributed by atoms with Gasteiger partial charge in [0.15, 0.2) is 0 Å². The van der Waals surface area contributed by atoms with E-state index in [2.05, 4.69) is 126 Å². The molecule has 0 amide bonds. The molecule has 2 aliphatic heterocycles. The predicted molar refractivity (Wildman–Crippen MR) is 277 cm³/mol. The van der Waals surface area contributed by atoms with Crippen molar-refractivity contribution < 1.29 is 20.4 Å². The molecule has 6 aromatic carbocycles. The van der Waals surface area contributed by atoms with Crippen molar-refractivity contribution >= 4 is 22.3 Å².